The fourth-order valence-electron chi connectivity index (χ4n) is 2.51. The molecule has 124 valence electrons. The fourth-order valence-corrected chi connectivity index (χ4v) is 2.51. The molecule has 0 aliphatic carbocycles. The Morgan fingerprint density at radius 2 is 2.09 bits per heavy atom. The number of para-hydroxylation sites is 1. The highest BCUT2D eigenvalue weighted by Crippen LogP contribution is 2.12. The van der Waals surface area contributed by atoms with E-state index in [9.17, 15) is 0 Å². The Morgan fingerprint density at radius 1 is 1.32 bits per heavy atom. The quantitative estimate of drug-likeness (QED) is 0.320. The maximum absolute atomic E-state index is 5.64. The second-order valence-electron chi connectivity index (χ2n) is 5.46. The molecule has 2 N–H and O–H groups in total. The van der Waals surface area contributed by atoms with Crippen molar-refractivity contribution in [3.8, 4) is 5.75 Å². The van der Waals surface area contributed by atoms with Gasteiger partial charge >= 0.3 is 0 Å². The van der Waals surface area contributed by atoms with E-state index in [1.54, 1.807) is 7.05 Å². The summed E-state index contributed by atoms with van der Waals surface area (Å²) in [6, 6.07) is 9.86. The van der Waals surface area contributed by atoms with Crippen LogP contribution in [0, 0.1) is 5.92 Å². The third-order valence-electron chi connectivity index (χ3n) is 3.68. The number of halogens is 1. The van der Waals surface area contributed by atoms with Gasteiger partial charge in [-0.15, -0.1) is 24.0 Å². The normalized spacial score (nSPS) is 18.6. The molecule has 1 atom stereocenters. The lowest BCUT2D eigenvalue weighted by Crippen LogP contribution is -2.41. The van der Waals surface area contributed by atoms with Gasteiger partial charge in [-0.1, -0.05) is 18.2 Å². The fraction of sp³-hybridized carbons (Fsp3) is 0.562. The van der Waals surface area contributed by atoms with E-state index in [0.717, 1.165) is 24.8 Å². The molecular formula is C16H27IN4O. The molecule has 0 spiro atoms. The van der Waals surface area contributed by atoms with Gasteiger partial charge in [-0.25, -0.2) is 0 Å². The van der Waals surface area contributed by atoms with Crippen LogP contribution in [0.3, 0.4) is 0 Å². The second-order valence-corrected chi connectivity index (χ2v) is 5.46. The Bertz CT molecular complexity index is 441. The maximum Gasteiger partial charge on any atom is 0.191 e. The third kappa shape index (κ3) is 6.83. The molecule has 0 saturated carbocycles. The van der Waals surface area contributed by atoms with Gasteiger partial charge in [0.15, 0.2) is 5.96 Å². The average molecular weight is 418 g/mol. The monoisotopic (exact) mass is 418 g/mol. The molecule has 1 aromatic rings. The zero-order chi connectivity index (χ0) is 14.9. The number of nitrogens with one attached hydrogen (secondary N) is 2. The topological polar surface area (TPSA) is 48.9 Å². The lowest BCUT2D eigenvalue weighted by atomic mass is 10.1. The highest BCUT2D eigenvalue weighted by atomic mass is 127. The number of likely N-dealkylation sites (tertiary alicyclic amines) is 1. The minimum Gasteiger partial charge on any atom is -0.492 e. The molecular weight excluding hydrogens is 391 g/mol. The number of ether oxygens (including phenoxy) is 1. The molecule has 1 unspecified atom stereocenters. The van der Waals surface area contributed by atoms with Crippen LogP contribution in [0.5, 0.6) is 5.75 Å². The summed E-state index contributed by atoms with van der Waals surface area (Å²) in [6.07, 6.45) is 1.26. The predicted molar refractivity (Wildman–Crippen MR) is 102 cm³/mol. The summed E-state index contributed by atoms with van der Waals surface area (Å²) in [7, 11) is 3.97. The SMILES string of the molecule is CN=C(NCCOc1ccccc1)NCC1CCN(C)C1.I. The van der Waals surface area contributed by atoms with E-state index >= 15 is 0 Å². The number of rotatable bonds is 6. The summed E-state index contributed by atoms with van der Waals surface area (Å²) in [5.41, 5.74) is 0. The van der Waals surface area contributed by atoms with Crippen LogP contribution in [0.15, 0.2) is 35.3 Å². The molecule has 22 heavy (non-hydrogen) atoms. The number of hydrogen-bond donors (Lipinski definition) is 2. The summed E-state index contributed by atoms with van der Waals surface area (Å²) in [5.74, 6) is 2.46. The summed E-state index contributed by atoms with van der Waals surface area (Å²) >= 11 is 0. The highest BCUT2D eigenvalue weighted by molar-refractivity contribution is 14.0. The van der Waals surface area contributed by atoms with Crippen LogP contribution in [-0.2, 0) is 0 Å². The number of nitrogens with zero attached hydrogens (tertiary/aromatic N) is 2. The number of guanidine groups is 1. The average Bonchev–Trinajstić information content (AvgIpc) is 2.93. The minimum atomic E-state index is 0. The summed E-state index contributed by atoms with van der Waals surface area (Å²) in [4.78, 5) is 6.61. The molecule has 1 fully saturated rings. The van der Waals surface area contributed by atoms with Crippen molar-refractivity contribution in [2.75, 3.05) is 46.9 Å². The van der Waals surface area contributed by atoms with Gasteiger partial charge in [0.05, 0.1) is 6.54 Å². The van der Waals surface area contributed by atoms with Crippen LogP contribution in [0.2, 0.25) is 0 Å². The van der Waals surface area contributed by atoms with Crippen molar-refractivity contribution in [2.24, 2.45) is 10.9 Å². The van der Waals surface area contributed by atoms with Crippen molar-refractivity contribution in [1.29, 1.82) is 0 Å². The van der Waals surface area contributed by atoms with Crippen LogP contribution in [0.25, 0.3) is 0 Å². The number of benzene rings is 1. The first-order valence-electron chi connectivity index (χ1n) is 7.59. The maximum atomic E-state index is 5.64. The molecule has 1 aliphatic rings. The molecule has 6 heteroatoms. The molecule has 0 radical (unpaired) electrons. The smallest absolute Gasteiger partial charge is 0.191 e. The van der Waals surface area contributed by atoms with Gasteiger partial charge in [-0.3, -0.25) is 4.99 Å². The zero-order valence-corrected chi connectivity index (χ0v) is 15.7. The molecule has 0 amide bonds. The number of hydrogen-bond acceptors (Lipinski definition) is 3. The van der Waals surface area contributed by atoms with Crippen molar-refractivity contribution in [1.82, 2.24) is 15.5 Å². The van der Waals surface area contributed by atoms with Gasteiger partial charge < -0.3 is 20.3 Å². The summed E-state index contributed by atoms with van der Waals surface area (Å²) in [5, 5.41) is 6.66. The molecule has 2 rings (SSSR count). The van der Waals surface area contributed by atoms with E-state index in [1.807, 2.05) is 30.3 Å². The molecule has 1 heterocycles. The minimum absolute atomic E-state index is 0. The van der Waals surface area contributed by atoms with E-state index in [1.165, 1.54) is 19.5 Å². The van der Waals surface area contributed by atoms with Crippen LogP contribution in [0.4, 0.5) is 0 Å². The third-order valence-corrected chi connectivity index (χ3v) is 3.68. The van der Waals surface area contributed by atoms with Crippen molar-refractivity contribution in [3.63, 3.8) is 0 Å². The summed E-state index contributed by atoms with van der Waals surface area (Å²) < 4.78 is 5.64. The van der Waals surface area contributed by atoms with E-state index in [2.05, 4.69) is 27.6 Å². The van der Waals surface area contributed by atoms with Crippen LogP contribution in [0.1, 0.15) is 6.42 Å². The molecule has 5 nitrogen and oxygen atoms in total. The van der Waals surface area contributed by atoms with Crippen molar-refractivity contribution >= 4 is 29.9 Å². The van der Waals surface area contributed by atoms with Crippen LogP contribution in [-0.4, -0.2) is 57.7 Å². The van der Waals surface area contributed by atoms with Crippen molar-refractivity contribution < 1.29 is 4.74 Å². The Kier molecular flexibility index (Phi) is 9.22. The lowest BCUT2D eigenvalue weighted by Gasteiger charge is -2.15. The van der Waals surface area contributed by atoms with Crippen molar-refractivity contribution in [2.45, 2.75) is 6.42 Å². The van der Waals surface area contributed by atoms with Gasteiger partial charge in [-0.05, 0) is 38.1 Å². The first-order chi connectivity index (χ1) is 10.3. The standard InChI is InChI=1S/C16H26N4O.HI/c1-17-16(19-12-14-8-10-20(2)13-14)18-9-11-21-15-6-4-3-5-7-15;/h3-7,14H,8-13H2,1-2H3,(H2,17,18,19);1H. The van der Waals surface area contributed by atoms with Crippen LogP contribution < -0.4 is 15.4 Å². The van der Waals surface area contributed by atoms with Crippen LogP contribution >= 0.6 is 24.0 Å². The van der Waals surface area contributed by atoms with Gasteiger partial charge in [0.25, 0.3) is 0 Å². The van der Waals surface area contributed by atoms with Gasteiger partial charge in [0.2, 0.25) is 0 Å². The molecule has 1 aliphatic heterocycles. The second kappa shape index (κ2) is 10.7. The van der Waals surface area contributed by atoms with Gasteiger partial charge in [-0.2, -0.15) is 0 Å². The highest BCUT2D eigenvalue weighted by Gasteiger charge is 2.19. The van der Waals surface area contributed by atoms with Gasteiger partial charge in [0, 0.05) is 20.1 Å². The summed E-state index contributed by atoms with van der Waals surface area (Å²) in [6.45, 7) is 4.70. The largest absolute Gasteiger partial charge is 0.492 e. The number of aliphatic imine (C=N–C) groups is 1. The first-order valence-corrected chi connectivity index (χ1v) is 7.59. The zero-order valence-electron chi connectivity index (χ0n) is 13.4. The predicted octanol–water partition coefficient (Wildman–Crippen LogP) is 1.80. The molecule has 0 aromatic heterocycles. The Hall–Kier alpha value is -1.02. The Labute approximate surface area is 150 Å². The van der Waals surface area contributed by atoms with E-state index in [0.29, 0.717) is 12.5 Å². The van der Waals surface area contributed by atoms with Crippen molar-refractivity contribution in [3.05, 3.63) is 30.3 Å². The van der Waals surface area contributed by atoms with E-state index in [4.69, 9.17) is 4.74 Å². The first kappa shape index (κ1) is 19.0. The lowest BCUT2D eigenvalue weighted by molar-refractivity contribution is 0.321. The molecule has 1 saturated heterocycles. The molecule has 0 bridgehead atoms. The van der Waals surface area contributed by atoms with Gasteiger partial charge in [0.1, 0.15) is 12.4 Å². The van der Waals surface area contributed by atoms with E-state index < -0.39 is 0 Å². The molecule has 1 aromatic carbocycles. The Morgan fingerprint density at radius 3 is 2.73 bits per heavy atom. The Balaban J connectivity index is 0.00000242. The van der Waals surface area contributed by atoms with E-state index in [-0.39, 0.29) is 24.0 Å².